The third-order valence-corrected chi connectivity index (χ3v) is 5.90. The van der Waals surface area contributed by atoms with E-state index in [0.29, 0.717) is 17.4 Å². The van der Waals surface area contributed by atoms with Crippen LogP contribution in [0.2, 0.25) is 0 Å². The van der Waals surface area contributed by atoms with Crippen LogP contribution in [0.25, 0.3) is 11.0 Å². The standard InChI is InChI=1S/C25H24BrN5O4/c1-14(2)22(24(33)34)30-23(32)20-13-18(10-11-27-20)35-17-8-9-21-19(12-17)29-25(31(21)3)28-16-6-4-15(26)5-7-16/h4-14,22H,1-3H3,(H,28,29)(H,30,32)(H,33,34). The Kier molecular flexibility index (Phi) is 7.02. The normalized spacial score (nSPS) is 11.9. The molecule has 0 aliphatic heterocycles. The maximum Gasteiger partial charge on any atom is 0.326 e. The summed E-state index contributed by atoms with van der Waals surface area (Å²) >= 11 is 3.43. The summed E-state index contributed by atoms with van der Waals surface area (Å²) in [4.78, 5) is 32.7. The smallest absolute Gasteiger partial charge is 0.326 e. The molecule has 4 rings (SSSR count). The summed E-state index contributed by atoms with van der Waals surface area (Å²) in [6.45, 7) is 3.44. The Hall–Kier alpha value is -3.92. The van der Waals surface area contributed by atoms with Gasteiger partial charge in [-0.15, -0.1) is 0 Å². The van der Waals surface area contributed by atoms with E-state index < -0.39 is 17.9 Å². The van der Waals surface area contributed by atoms with Crippen LogP contribution in [0.1, 0.15) is 24.3 Å². The number of nitrogens with zero attached hydrogens (tertiary/aromatic N) is 3. The van der Waals surface area contributed by atoms with Crippen molar-refractivity contribution in [2.45, 2.75) is 19.9 Å². The molecule has 0 radical (unpaired) electrons. The van der Waals surface area contributed by atoms with Crippen molar-refractivity contribution in [1.29, 1.82) is 0 Å². The molecular formula is C25H24BrN5O4. The Labute approximate surface area is 210 Å². The largest absolute Gasteiger partial charge is 0.480 e. The lowest BCUT2D eigenvalue weighted by atomic mass is 10.0. The lowest BCUT2D eigenvalue weighted by Crippen LogP contribution is -2.44. The van der Waals surface area contributed by atoms with Gasteiger partial charge >= 0.3 is 5.97 Å². The zero-order valence-electron chi connectivity index (χ0n) is 19.3. The van der Waals surface area contributed by atoms with Crippen molar-refractivity contribution in [1.82, 2.24) is 19.9 Å². The number of pyridine rings is 1. The number of ether oxygens (including phenoxy) is 1. The summed E-state index contributed by atoms with van der Waals surface area (Å²) in [7, 11) is 1.92. The van der Waals surface area contributed by atoms with Crippen LogP contribution < -0.4 is 15.4 Å². The summed E-state index contributed by atoms with van der Waals surface area (Å²) in [6.07, 6.45) is 1.44. The average Bonchev–Trinajstić information content (AvgIpc) is 3.13. The first kappa shape index (κ1) is 24.2. The van der Waals surface area contributed by atoms with Gasteiger partial charge < -0.3 is 25.0 Å². The van der Waals surface area contributed by atoms with Crippen LogP contribution in [-0.4, -0.2) is 37.6 Å². The number of carbonyl (C=O) groups excluding carboxylic acids is 1. The summed E-state index contributed by atoms with van der Waals surface area (Å²) in [6, 6.07) is 15.4. The van der Waals surface area contributed by atoms with Crippen LogP contribution in [0.5, 0.6) is 11.5 Å². The van der Waals surface area contributed by atoms with E-state index in [-0.39, 0.29) is 11.6 Å². The number of carboxylic acids is 1. The Balaban J connectivity index is 1.52. The van der Waals surface area contributed by atoms with Gasteiger partial charge in [0.05, 0.1) is 11.0 Å². The van der Waals surface area contributed by atoms with Crippen LogP contribution in [0, 0.1) is 5.92 Å². The summed E-state index contributed by atoms with van der Waals surface area (Å²) in [5, 5.41) is 15.1. The second-order valence-corrected chi connectivity index (χ2v) is 9.20. The molecule has 0 saturated carbocycles. The molecule has 1 atom stereocenters. The Morgan fingerprint density at radius 2 is 1.77 bits per heavy atom. The highest BCUT2D eigenvalue weighted by Gasteiger charge is 2.24. The highest BCUT2D eigenvalue weighted by atomic mass is 79.9. The van der Waals surface area contributed by atoms with E-state index in [9.17, 15) is 14.7 Å². The fraction of sp³-hybridized carbons (Fsp3) is 0.200. The van der Waals surface area contributed by atoms with E-state index in [1.165, 1.54) is 12.3 Å². The van der Waals surface area contributed by atoms with E-state index in [1.54, 1.807) is 19.9 Å². The number of hydrogen-bond acceptors (Lipinski definition) is 6. The number of amides is 1. The highest BCUT2D eigenvalue weighted by molar-refractivity contribution is 9.10. The van der Waals surface area contributed by atoms with Crippen LogP contribution >= 0.6 is 15.9 Å². The van der Waals surface area contributed by atoms with Gasteiger partial charge in [-0.05, 0) is 48.4 Å². The minimum Gasteiger partial charge on any atom is -0.480 e. The molecule has 2 aromatic carbocycles. The van der Waals surface area contributed by atoms with Gasteiger partial charge in [-0.2, -0.15) is 0 Å². The van der Waals surface area contributed by atoms with E-state index in [4.69, 9.17) is 4.74 Å². The van der Waals surface area contributed by atoms with Crippen LogP contribution in [0.15, 0.2) is 65.3 Å². The first-order valence-corrected chi connectivity index (χ1v) is 11.7. The highest BCUT2D eigenvalue weighted by Crippen LogP contribution is 2.28. The Morgan fingerprint density at radius 1 is 1.06 bits per heavy atom. The van der Waals surface area contributed by atoms with E-state index in [1.807, 2.05) is 54.1 Å². The molecule has 0 aliphatic rings. The number of aryl methyl sites for hydroxylation is 1. The first-order valence-electron chi connectivity index (χ1n) is 10.9. The maximum atomic E-state index is 12.5. The molecule has 2 heterocycles. The van der Waals surface area contributed by atoms with Crippen LogP contribution in [0.3, 0.4) is 0 Å². The Morgan fingerprint density at radius 3 is 2.46 bits per heavy atom. The zero-order chi connectivity index (χ0) is 25.1. The molecule has 9 nitrogen and oxygen atoms in total. The topological polar surface area (TPSA) is 118 Å². The second-order valence-electron chi connectivity index (χ2n) is 8.29. The number of carboxylic acid groups (broad SMARTS) is 1. The molecule has 180 valence electrons. The molecule has 2 aromatic heterocycles. The Bertz CT molecular complexity index is 1380. The van der Waals surface area contributed by atoms with Crippen molar-refractivity contribution in [2.75, 3.05) is 5.32 Å². The van der Waals surface area contributed by atoms with Gasteiger partial charge in [0.2, 0.25) is 5.95 Å². The van der Waals surface area contributed by atoms with E-state index in [2.05, 4.69) is 36.5 Å². The van der Waals surface area contributed by atoms with Crippen LogP contribution in [-0.2, 0) is 11.8 Å². The van der Waals surface area contributed by atoms with Crippen molar-refractivity contribution in [2.24, 2.45) is 13.0 Å². The van der Waals surface area contributed by atoms with Gasteiger partial charge in [-0.3, -0.25) is 9.78 Å². The number of anilines is 2. The molecule has 0 spiro atoms. The van der Waals surface area contributed by atoms with Crippen molar-refractivity contribution < 1.29 is 19.4 Å². The molecule has 0 saturated heterocycles. The fourth-order valence-electron chi connectivity index (χ4n) is 3.48. The quantitative estimate of drug-likeness (QED) is 0.286. The number of rotatable bonds is 8. The molecule has 0 fully saturated rings. The molecule has 0 aliphatic carbocycles. The van der Waals surface area contributed by atoms with E-state index in [0.717, 1.165) is 21.2 Å². The molecule has 4 aromatic rings. The monoisotopic (exact) mass is 537 g/mol. The van der Waals surface area contributed by atoms with Gasteiger partial charge in [-0.25, -0.2) is 9.78 Å². The summed E-state index contributed by atoms with van der Waals surface area (Å²) in [5.74, 6) is -0.345. The predicted octanol–water partition coefficient (Wildman–Crippen LogP) is 5.11. The third kappa shape index (κ3) is 5.60. The van der Waals surface area contributed by atoms with Gasteiger partial charge in [0.15, 0.2) is 0 Å². The molecule has 35 heavy (non-hydrogen) atoms. The lowest BCUT2D eigenvalue weighted by molar-refractivity contribution is -0.140. The predicted molar refractivity (Wildman–Crippen MR) is 136 cm³/mol. The zero-order valence-corrected chi connectivity index (χ0v) is 20.9. The number of hydrogen-bond donors (Lipinski definition) is 3. The number of imidazole rings is 1. The number of nitrogens with one attached hydrogen (secondary N) is 2. The number of carbonyl (C=O) groups is 2. The van der Waals surface area contributed by atoms with Crippen molar-refractivity contribution in [3.05, 3.63) is 71.0 Å². The average molecular weight is 538 g/mol. The number of aromatic nitrogens is 3. The van der Waals surface area contributed by atoms with Gasteiger partial charge in [0.1, 0.15) is 23.2 Å². The van der Waals surface area contributed by atoms with Gasteiger partial charge in [-0.1, -0.05) is 29.8 Å². The lowest BCUT2D eigenvalue weighted by Gasteiger charge is -2.17. The first-order chi connectivity index (χ1) is 16.7. The number of benzene rings is 2. The maximum absolute atomic E-state index is 12.5. The molecule has 3 N–H and O–H groups in total. The number of aliphatic carboxylic acids is 1. The molecular weight excluding hydrogens is 514 g/mol. The number of halogens is 1. The molecule has 1 unspecified atom stereocenters. The minimum absolute atomic E-state index is 0.0642. The number of fused-ring (bicyclic) bond motifs is 1. The van der Waals surface area contributed by atoms with Crippen molar-refractivity contribution in [3.63, 3.8) is 0 Å². The third-order valence-electron chi connectivity index (χ3n) is 5.37. The second kappa shape index (κ2) is 10.1. The van der Waals surface area contributed by atoms with Gasteiger partial charge in [0.25, 0.3) is 5.91 Å². The molecule has 10 heteroatoms. The molecule has 0 bridgehead atoms. The van der Waals surface area contributed by atoms with Crippen molar-refractivity contribution >= 4 is 50.5 Å². The minimum atomic E-state index is -1.10. The van der Waals surface area contributed by atoms with E-state index >= 15 is 0 Å². The van der Waals surface area contributed by atoms with Gasteiger partial charge in [0, 0.05) is 35.5 Å². The SMILES string of the molecule is CC(C)C(NC(=O)c1cc(Oc2ccc3c(c2)nc(Nc2ccc(Br)cc2)n3C)ccn1)C(=O)O. The fourth-order valence-corrected chi connectivity index (χ4v) is 3.75. The summed E-state index contributed by atoms with van der Waals surface area (Å²) in [5.41, 5.74) is 2.63. The van der Waals surface area contributed by atoms with Crippen LogP contribution in [0.4, 0.5) is 11.6 Å². The summed E-state index contributed by atoms with van der Waals surface area (Å²) < 4.78 is 8.89. The molecule has 1 amide bonds. The van der Waals surface area contributed by atoms with Crippen molar-refractivity contribution in [3.8, 4) is 11.5 Å².